The minimum Gasteiger partial charge on any atom is -0.228 e. The molecule has 2 atom stereocenters. The molecule has 0 aliphatic heterocycles. The summed E-state index contributed by atoms with van der Waals surface area (Å²) in [5.74, 6) is 0.246. The van der Waals surface area contributed by atoms with Crippen molar-refractivity contribution in [2.75, 3.05) is 0 Å². The van der Waals surface area contributed by atoms with Crippen molar-refractivity contribution < 1.29 is 32.7 Å². The van der Waals surface area contributed by atoms with E-state index >= 15 is 0 Å². The molecule has 2 unspecified atom stereocenters. The van der Waals surface area contributed by atoms with Crippen molar-refractivity contribution in [2.24, 2.45) is 5.92 Å². The van der Waals surface area contributed by atoms with Gasteiger partial charge < -0.3 is 0 Å². The number of hydrogen-bond donors (Lipinski definition) is 0. The zero-order chi connectivity index (χ0) is 18.6. The molecule has 0 nitrogen and oxygen atoms in total. The number of hydrogen-bond acceptors (Lipinski definition) is 1. The fourth-order valence-corrected chi connectivity index (χ4v) is 5.83. The van der Waals surface area contributed by atoms with Crippen molar-refractivity contribution in [3.63, 3.8) is 0 Å². The van der Waals surface area contributed by atoms with E-state index in [4.69, 9.17) is 0 Å². The molecule has 0 saturated heterocycles. The summed E-state index contributed by atoms with van der Waals surface area (Å²) in [5, 5.41) is 3.52. The van der Waals surface area contributed by atoms with Crippen LogP contribution in [0.4, 0.5) is 0 Å². The van der Waals surface area contributed by atoms with Crippen LogP contribution in [-0.2, 0) is 38.1 Å². The van der Waals surface area contributed by atoms with Crippen LogP contribution in [0.5, 0.6) is 0 Å². The Morgan fingerprint density at radius 3 is 2.62 bits per heavy atom. The molecule has 2 aliphatic carbocycles. The van der Waals surface area contributed by atoms with Gasteiger partial charge in [0.15, 0.2) is 0 Å². The van der Waals surface area contributed by atoms with E-state index in [9.17, 15) is 0 Å². The van der Waals surface area contributed by atoms with Gasteiger partial charge in [-0.1, -0.05) is 30.2 Å². The first kappa shape index (κ1) is 19.1. The molecule has 4 aromatic rings. The zero-order valence-electron chi connectivity index (χ0n) is 15.9. The molecule has 2 heteroatoms. The largest absolute Gasteiger partial charge is 0.228 e. The van der Waals surface area contributed by atoms with E-state index in [0.29, 0.717) is 0 Å². The summed E-state index contributed by atoms with van der Waals surface area (Å²) in [6, 6.07) is 28.0. The molecule has 0 amide bonds. The Morgan fingerprint density at radius 2 is 1.79 bits per heavy atom. The Balaban J connectivity index is 0.00000181. The van der Waals surface area contributed by atoms with Crippen molar-refractivity contribution in [1.29, 1.82) is 0 Å². The van der Waals surface area contributed by atoms with Crippen molar-refractivity contribution >= 4 is 21.4 Å². The van der Waals surface area contributed by atoms with Crippen LogP contribution in [-0.4, -0.2) is 0 Å². The fourth-order valence-electron chi connectivity index (χ4n) is 5.02. The SMILES string of the molecule is [Y].[c-]1ccccc1C1(C2C=CC=C[CH-]2)c2ccccc2-c2cc3ccsc3cc21. The van der Waals surface area contributed by atoms with Crippen LogP contribution in [0.2, 0.25) is 0 Å². The minimum atomic E-state index is -0.257. The molecular weight excluding hydrogens is 445 g/mol. The number of benzene rings is 3. The topological polar surface area (TPSA) is 0 Å². The molecule has 1 aromatic heterocycles. The van der Waals surface area contributed by atoms with Gasteiger partial charge in [-0.05, 0) is 51.2 Å². The number of allylic oxidation sites excluding steroid dienone is 4. The first-order chi connectivity index (χ1) is 13.9. The van der Waals surface area contributed by atoms with Gasteiger partial charge in [0.05, 0.1) is 0 Å². The molecule has 2 aliphatic rings. The van der Waals surface area contributed by atoms with E-state index in [-0.39, 0.29) is 44.0 Å². The van der Waals surface area contributed by atoms with E-state index < -0.39 is 0 Å². The summed E-state index contributed by atoms with van der Waals surface area (Å²) in [5.41, 5.74) is 6.46. The molecule has 137 valence electrons. The van der Waals surface area contributed by atoms with E-state index in [0.717, 1.165) is 0 Å². The summed E-state index contributed by atoms with van der Waals surface area (Å²) in [4.78, 5) is 0. The van der Waals surface area contributed by atoms with E-state index in [1.54, 1.807) is 0 Å². The van der Waals surface area contributed by atoms with Gasteiger partial charge >= 0.3 is 0 Å². The maximum absolute atomic E-state index is 3.60. The first-order valence-corrected chi connectivity index (χ1v) is 10.5. The molecule has 0 fully saturated rings. The van der Waals surface area contributed by atoms with Crippen LogP contribution >= 0.6 is 11.3 Å². The fraction of sp³-hybridized carbons (Fsp3) is 0.0741. The van der Waals surface area contributed by atoms with Crippen molar-refractivity contribution in [1.82, 2.24) is 0 Å². The van der Waals surface area contributed by atoms with Crippen molar-refractivity contribution in [3.05, 3.63) is 126 Å². The second-order valence-corrected chi connectivity index (χ2v) is 8.42. The van der Waals surface area contributed by atoms with E-state index in [1.165, 1.54) is 37.9 Å². The summed E-state index contributed by atoms with van der Waals surface area (Å²) in [6.07, 6.45) is 11.2. The van der Waals surface area contributed by atoms with Gasteiger partial charge in [0.25, 0.3) is 0 Å². The molecule has 29 heavy (non-hydrogen) atoms. The monoisotopic (exact) mass is 463 g/mol. The summed E-state index contributed by atoms with van der Waals surface area (Å²) < 4.78 is 1.35. The third-order valence-corrected chi connectivity index (χ3v) is 7.03. The van der Waals surface area contributed by atoms with Crippen molar-refractivity contribution in [2.45, 2.75) is 5.41 Å². The smallest absolute Gasteiger partial charge is 0.0346 e. The molecule has 3 aromatic carbocycles. The average Bonchev–Trinajstić information content (AvgIpc) is 3.34. The van der Waals surface area contributed by atoms with Gasteiger partial charge in [0.2, 0.25) is 0 Å². The third kappa shape index (κ3) is 2.68. The third-order valence-electron chi connectivity index (χ3n) is 6.15. The second-order valence-electron chi connectivity index (χ2n) is 7.47. The standard InChI is InChI=1S/C27H18S.Y/c1-3-9-20(10-4-1)27(21-11-5-2-6-12-21)24-14-8-7-13-22(24)23-17-19-15-16-28-26(19)18-25(23)27;/h1-11,13-18,20H;/q-2;. The maximum atomic E-state index is 3.60. The molecule has 0 bridgehead atoms. The Kier molecular flexibility index (Phi) is 4.86. The van der Waals surface area contributed by atoms with Gasteiger partial charge in [0.1, 0.15) is 0 Å². The molecule has 0 saturated carbocycles. The van der Waals surface area contributed by atoms with Crippen LogP contribution in [0.15, 0.2) is 96.4 Å². The molecule has 0 spiro atoms. The quantitative estimate of drug-likeness (QED) is 0.282. The van der Waals surface area contributed by atoms with Crippen LogP contribution in [0.1, 0.15) is 16.7 Å². The second kappa shape index (κ2) is 7.40. The Morgan fingerprint density at radius 1 is 0.897 bits per heavy atom. The predicted molar refractivity (Wildman–Crippen MR) is 118 cm³/mol. The maximum Gasteiger partial charge on any atom is 0.0346 e. The van der Waals surface area contributed by atoms with Crippen molar-refractivity contribution in [3.8, 4) is 11.1 Å². The molecule has 6 rings (SSSR count). The summed E-state index contributed by atoms with van der Waals surface area (Å²) >= 11 is 1.82. The molecular formula is C27H18SY-2. The van der Waals surface area contributed by atoms with Crippen LogP contribution in [0, 0.1) is 18.4 Å². The molecule has 0 N–H and O–H groups in total. The van der Waals surface area contributed by atoms with Gasteiger partial charge in [-0.25, -0.2) is 18.6 Å². The summed E-state index contributed by atoms with van der Waals surface area (Å²) in [6.45, 7) is 0. The Hall–Kier alpha value is -1.93. The minimum absolute atomic E-state index is 0. The Labute approximate surface area is 200 Å². The zero-order valence-corrected chi connectivity index (χ0v) is 19.5. The molecule has 1 heterocycles. The van der Waals surface area contributed by atoms with Crippen LogP contribution < -0.4 is 0 Å². The predicted octanol–water partition coefficient (Wildman–Crippen LogP) is 6.96. The number of rotatable bonds is 2. The van der Waals surface area contributed by atoms with Gasteiger partial charge in [-0.2, -0.15) is 30.3 Å². The normalized spacial score (nSPS) is 21.3. The first-order valence-electron chi connectivity index (χ1n) is 9.66. The van der Waals surface area contributed by atoms with Gasteiger partial charge in [-0.15, -0.1) is 29.1 Å². The summed E-state index contributed by atoms with van der Waals surface area (Å²) in [7, 11) is 0. The average molecular weight is 463 g/mol. The van der Waals surface area contributed by atoms with Crippen LogP contribution in [0.3, 0.4) is 0 Å². The van der Waals surface area contributed by atoms with E-state index in [2.05, 4.69) is 103 Å². The Bertz CT molecular complexity index is 1250. The van der Waals surface area contributed by atoms with Crippen LogP contribution in [0.25, 0.3) is 21.2 Å². The van der Waals surface area contributed by atoms with Gasteiger partial charge in [0, 0.05) is 42.8 Å². The number of thiophene rings is 1. The van der Waals surface area contributed by atoms with E-state index in [1.807, 2.05) is 17.4 Å². The van der Waals surface area contributed by atoms with Gasteiger partial charge in [-0.3, -0.25) is 0 Å². The molecule has 1 radical (unpaired) electrons. The number of fused-ring (bicyclic) bond motifs is 4.